The fourth-order valence-electron chi connectivity index (χ4n) is 1.63. The van der Waals surface area contributed by atoms with Crippen molar-refractivity contribution < 1.29 is 13.6 Å². The zero-order valence-electron chi connectivity index (χ0n) is 10.4. The second kappa shape index (κ2) is 5.09. The van der Waals surface area contributed by atoms with Crippen molar-refractivity contribution in [2.75, 3.05) is 5.32 Å². The largest absolute Gasteiger partial charge is 0.316 e. The van der Waals surface area contributed by atoms with Gasteiger partial charge in [0.15, 0.2) is 0 Å². The van der Waals surface area contributed by atoms with E-state index in [0.717, 1.165) is 12.1 Å². The molecule has 1 heterocycles. The van der Waals surface area contributed by atoms with E-state index in [2.05, 4.69) is 15.3 Å². The highest BCUT2D eigenvalue weighted by Crippen LogP contribution is 2.18. The minimum Gasteiger partial charge on any atom is -0.316 e. The molecule has 4 nitrogen and oxygen atoms in total. The van der Waals surface area contributed by atoms with E-state index in [1.807, 2.05) is 0 Å². The van der Waals surface area contributed by atoms with E-state index in [1.165, 1.54) is 12.1 Å². The maximum atomic E-state index is 13.4. The number of nitrogens with zero attached hydrogens (tertiary/aromatic N) is 2. The number of hydrogen-bond acceptors (Lipinski definition) is 3. The zero-order chi connectivity index (χ0) is 14.0. The summed E-state index contributed by atoms with van der Waals surface area (Å²) in [6.07, 6.45) is 0. The van der Waals surface area contributed by atoms with Gasteiger partial charge in [-0.2, -0.15) is 0 Å². The molecule has 0 radical (unpaired) electrons. The lowest BCUT2D eigenvalue weighted by atomic mass is 10.2. The van der Waals surface area contributed by atoms with Crippen LogP contribution in [-0.2, 0) is 0 Å². The Hall–Kier alpha value is -2.37. The van der Waals surface area contributed by atoms with Crippen LogP contribution in [0.3, 0.4) is 0 Å². The molecule has 0 spiro atoms. The topological polar surface area (TPSA) is 54.9 Å². The van der Waals surface area contributed by atoms with E-state index in [4.69, 9.17) is 0 Å². The number of aromatic nitrogens is 2. The number of para-hydroxylation sites is 1. The lowest BCUT2D eigenvalue weighted by molar-refractivity contribution is 0.102. The number of benzene rings is 1. The second-order valence-corrected chi connectivity index (χ2v) is 3.99. The summed E-state index contributed by atoms with van der Waals surface area (Å²) in [5.41, 5.74) is 0.181. The van der Waals surface area contributed by atoms with Gasteiger partial charge in [0.1, 0.15) is 28.8 Å². The van der Waals surface area contributed by atoms with Gasteiger partial charge >= 0.3 is 0 Å². The number of rotatable bonds is 2. The number of anilines is 1. The number of carbonyl (C=O) groups excluding carboxylic acids is 1. The van der Waals surface area contributed by atoms with Crippen molar-refractivity contribution in [3.63, 3.8) is 0 Å². The quantitative estimate of drug-likeness (QED) is 0.906. The van der Waals surface area contributed by atoms with Gasteiger partial charge in [0.25, 0.3) is 5.91 Å². The summed E-state index contributed by atoms with van der Waals surface area (Å²) >= 11 is 0. The highest BCUT2D eigenvalue weighted by atomic mass is 19.1. The Morgan fingerprint density at radius 2 is 1.79 bits per heavy atom. The summed E-state index contributed by atoms with van der Waals surface area (Å²) in [6, 6.07) is 4.80. The standard InChI is InChI=1S/C13H11F2N3O/c1-7-6-11(17-8(2)16-7)13(19)18-12-9(14)4-3-5-10(12)15/h3-6H,1-2H3,(H,18,19). The highest BCUT2D eigenvalue weighted by molar-refractivity contribution is 6.03. The third-order valence-electron chi connectivity index (χ3n) is 2.40. The smallest absolute Gasteiger partial charge is 0.274 e. The highest BCUT2D eigenvalue weighted by Gasteiger charge is 2.15. The van der Waals surface area contributed by atoms with E-state index in [-0.39, 0.29) is 5.69 Å². The molecule has 2 aromatic rings. The van der Waals surface area contributed by atoms with Gasteiger partial charge in [0.2, 0.25) is 0 Å². The first-order chi connectivity index (χ1) is 8.97. The fraction of sp³-hybridized carbons (Fsp3) is 0.154. The van der Waals surface area contributed by atoms with Crippen molar-refractivity contribution in [3.8, 4) is 0 Å². The summed E-state index contributed by atoms with van der Waals surface area (Å²) in [5, 5.41) is 2.17. The number of nitrogens with one attached hydrogen (secondary N) is 1. The van der Waals surface area contributed by atoms with Gasteiger partial charge in [-0.3, -0.25) is 4.79 Å². The SMILES string of the molecule is Cc1cc(C(=O)Nc2c(F)cccc2F)nc(C)n1. The van der Waals surface area contributed by atoms with Crippen molar-refractivity contribution in [2.45, 2.75) is 13.8 Å². The van der Waals surface area contributed by atoms with Crippen LogP contribution in [-0.4, -0.2) is 15.9 Å². The minimum atomic E-state index is -0.837. The summed E-state index contributed by atoms with van der Waals surface area (Å²) in [4.78, 5) is 19.8. The molecule has 0 aliphatic rings. The maximum absolute atomic E-state index is 13.4. The summed E-state index contributed by atoms with van der Waals surface area (Å²) in [7, 11) is 0. The molecule has 2 rings (SSSR count). The molecule has 1 amide bonds. The third kappa shape index (κ3) is 2.90. The molecule has 1 N–H and O–H groups in total. The van der Waals surface area contributed by atoms with E-state index in [1.54, 1.807) is 13.8 Å². The molecular weight excluding hydrogens is 252 g/mol. The first-order valence-electron chi connectivity index (χ1n) is 5.55. The Morgan fingerprint density at radius 1 is 1.16 bits per heavy atom. The first kappa shape index (κ1) is 13.1. The molecule has 1 aromatic carbocycles. The molecule has 0 saturated carbocycles. The maximum Gasteiger partial charge on any atom is 0.274 e. The third-order valence-corrected chi connectivity index (χ3v) is 2.40. The molecule has 0 unspecified atom stereocenters. The number of hydrogen-bond donors (Lipinski definition) is 1. The van der Waals surface area contributed by atoms with Crippen molar-refractivity contribution in [1.29, 1.82) is 0 Å². The Labute approximate surface area is 108 Å². The first-order valence-corrected chi connectivity index (χ1v) is 5.55. The molecule has 0 aliphatic heterocycles. The zero-order valence-corrected chi connectivity index (χ0v) is 10.4. The number of aryl methyl sites for hydroxylation is 2. The molecule has 0 bridgehead atoms. The lowest BCUT2D eigenvalue weighted by Gasteiger charge is -2.07. The molecule has 98 valence electrons. The molecule has 0 fully saturated rings. The van der Waals surface area contributed by atoms with Gasteiger partial charge in [0.05, 0.1) is 0 Å². The van der Waals surface area contributed by atoms with E-state index in [9.17, 15) is 13.6 Å². The van der Waals surface area contributed by atoms with Crippen LogP contribution in [0.1, 0.15) is 22.0 Å². The number of carbonyl (C=O) groups is 1. The normalized spacial score (nSPS) is 10.3. The van der Waals surface area contributed by atoms with Crippen LogP contribution in [0.15, 0.2) is 24.3 Å². The van der Waals surface area contributed by atoms with E-state index >= 15 is 0 Å². The van der Waals surface area contributed by atoms with Crippen molar-refractivity contribution in [3.05, 3.63) is 53.1 Å². The minimum absolute atomic E-state index is 0.0626. The predicted molar refractivity (Wildman–Crippen MR) is 65.8 cm³/mol. The van der Waals surface area contributed by atoms with Crippen LogP contribution in [0.25, 0.3) is 0 Å². The average molecular weight is 263 g/mol. The van der Waals surface area contributed by atoms with Gasteiger partial charge in [-0.25, -0.2) is 18.7 Å². The van der Waals surface area contributed by atoms with Gasteiger partial charge in [-0.1, -0.05) is 6.07 Å². The second-order valence-electron chi connectivity index (χ2n) is 3.99. The van der Waals surface area contributed by atoms with Crippen molar-refractivity contribution in [1.82, 2.24) is 9.97 Å². The van der Waals surface area contributed by atoms with Crippen LogP contribution in [0.5, 0.6) is 0 Å². The molecule has 6 heteroatoms. The summed E-state index contributed by atoms with van der Waals surface area (Å²) in [6.45, 7) is 3.34. The molecule has 19 heavy (non-hydrogen) atoms. The monoisotopic (exact) mass is 263 g/mol. The fourth-order valence-corrected chi connectivity index (χ4v) is 1.63. The lowest BCUT2D eigenvalue weighted by Crippen LogP contribution is -2.17. The number of halogens is 2. The average Bonchev–Trinajstić information content (AvgIpc) is 2.32. The molecular formula is C13H11F2N3O. The Kier molecular flexibility index (Phi) is 3.50. The Morgan fingerprint density at radius 3 is 2.37 bits per heavy atom. The molecule has 0 saturated heterocycles. The summed E-state index contributed by atoms with van der Waals surface area (Å²) < 4.78 is 26.8. The number of amides is 1. The van der Waals surface area contributed by atoms with Gasteiger partial charge in [-0.15, -0.1) is 0 Å². The Balaban J connectivity index is 2.31. The summed E-state index contributed by atoms with van der Waals surface area (Å²) in [5.74, 6) is -1.94. The van der Waals surface area contributed by atoms with Crippen LogP contribution < -0.4 is 5.32 Å². The van der Waals surface area contributed by atoms with Crippen LogP contribution in [0.4, 0.5) is 14.5 Å². The molecule has 0 atom stereocenters. The molecule has 1 aromatic heterocycles. The van der Waals surface area contributed by atoms with Crippen LogP contribution in [0.2, 0.25) is 0 Å². The van der Waals surface area contributed by atoms with Crippen LogP contribution in [0, 0.1) is 25.5 Å². The van der Waals surface area contributed by atoms with Crippen molar-refractivity contribution in [2.24, 2.45) is 0 Å². The van der Waals surface area contributed by atoms with Crippen LogP contribution >= 0.6 is 0 Å². The van der Waals surface area contributed by atoms with E-state index < -0.39 is 23.2 Å². The van der Waals surface area contributed by atoms with Gasteiger partial charge in [0, 0.05) is 5.69 Å². The molecule has 0 aliphatic carbocycles. The van der Waals surface area contributed by atoms with Crippen molar-refractivity contribution >= 4 is 11.6 Å². The van der Waals surface area contributed by atoms with Gasteiger partial charge in [-0.05, 0) is 32.0 Å². The van der Waals surface area contributed by atoms with E-state index in [0.29, 0.717) is 11.5 Å². The Bertz CT molecular complexity index is 603. The predicted octanol–water partition coefficient (Wildman–Crippen LogP) is 2.62. The van der Waals surface area contributed by atoms with Gasteiger partial charge < -0.3 is 5.32 Å².